The van der Waals surface area contributed by atoms with Crippen molar-refractivity contribution in [3.63, 3.8) is 0 Å². The monoisotopic (exact) mass is 619 g/mol. The van der Waals surface area contributed by atoms with Crippen molar-refractivity contribution < 1.29 is 0 Å². The van der Waals surface area contributed by atoms with E-state index in [1.54, 1.807) is 0 Å². The third kappa shape index (κ3) is 4.11. The molecule has 0 saturated carbocycles. The molecule has 48 heavy (non-hydrogen) atoms. The number of fused-ring (bicyclic) bond motifs is 6. The van der Waals surface area contributed by atoms with Crippen LogP contribution < -0.4 is 10.6 Å². The molecular formula is C41H29N7. The van der Waals surface area contributed by atoms with Crippen molar-refractivity contribution in [3.8, 4) is 5.69 Å². The number of aliphatic imine (C=N–C) groups is 3. The van der Waals surface area contributed by atoms with Crippen molar-refractivity contribution in [2.45, 2.75) is 12.5 Å². The summed E-state index contributed by atoms with van der Waals surface area (Å²) in [5, 5.41) is 12.1. The van der Waals surface area contributed by atoms with Crippen LogP contribution in [0, 0.1) is 0 Å². The summed E-state index contributed by atoms with van der Waals surface area (Å²) in [5.74, 6) is 2.23. The highest BCUT2D eigenvalue weighted by atomic mass is 15.4. The van der Waals surface area contributed by atoms with Crippen LogP contribution in [0.3, 0.4) is 0 Å². The van der Waals surface area contributed by atoms with Gasteiger partial charge in [-0.15, -0.1) is 0 Å². The lowest BCUT2D eigenvalue weighted by atomic mass is 10.1. The fourth-order valence-corrected chi connectivity index (χ4v) is 7.17. The number of nitrogens with one attached hydrogen (secondary N) is 2. The Kier molecular flexibility index (Phi) is 5.86. The highest BCUT2D eigenvalue weighted by Crippen LogP contribution is 2.40. The van der Waals surface area contributed by atoms with Crippen molar-refractivity contribution in [3.05, 3.63) is 163 Å². The molecule has 4 heterocycles. The minimum atomic E-state index is -0.399. The largest absolute Gasteiger partial charge is 0.342 e. The molecule has 2 atom stereocenters. The molecule has 7 nitrogen and oxygen atoms in total. The third-order valence-electron chi connectivity index (χ3n) is 9.38. The van der Waals surface area contributed by atoms with Gasteiger partial charge in [-0.2, -0.15) is 0 Å². The van der Waals surface area contributed by atoms with Crippen molar-refractivity contribution in [2.75, 3.05) is 0 Å². The Morgan fingerprint density at radius 1 is 0.479 bits per heavy atom. The molecule has 2 aromatic heterocycles. The molecule has 0 radical (unpaired) electrons. The molecule has 0 aliphatic carbocycles. The lowest BCUT2D eigenvalue weighted by Crippen LogP contribution is -2.54. The van der Waals surface area contributed by atoms with E-state index in [4.69, 9.17) is 15.0 Å². The first-order chi connectivity index (χ1) is 23.8. The first kappa shape index (κ1) is 26.7. The Labute approximate surface area is 276 Å². The quantitative estimate of drug-likeness (QED) is 0.204. The van der Waals surface area contributed by atoms with Gasteiger partial charge in [0.05, 0.1) is 22.1 Å². The van der Waals surface area contributed by atoms with Crippen LogP contribution in [0.2, 0.25) is 0 Å². The molecule has 6 aromatic carbocycles. The number of aromatic nitrogens is 2. The second-order valence-electron chi connectivity index (χ2n) is 12.2. The van der Waals surface area contributed by atoms with Crippen LogP contribution in [-0.2, 0) is 0 Å². The molecule has 7 heteroatoms. The van der Waals surface area contributed by atoms with Gasteiger partial charge in [0.25, 0.3) is 0 Å². The SMILES string of the molecule is c1ccc(C2=NC(C3=NC(n4c5ccccc5c5cc6c7ccccc7n(-c7ccccc7)c6cc54)N3)NC(c3ccccc3)=N2)cc1. The van der Waals surface area contributed by atoms with E-state index < -0.39 is 6.17 Å². The summed E-state index contributed by atoms with van der Waals surface area (Å²) in [6.45, 7) is 0. The average Bonchev–Trinajstić information content (AvgIpc) is 3.63. The Hall–Kier alpha value is -6.47. The summed E-state index contributed by atoms with van der Waals surface area (Å²) < 4.78 is 4.68. The molecule has 228 valence electrons. The minimum absolute atomic E-state index is 0.286. The number of hydrogen-bond acceptors (Lipinski definition) is 5. The Balaban J connectivity index is 1.12. The standard InChI is InChI=1S/C41H29N7/c1-4-14-26(15-5-1)37-42-38(27-16-6-2-7-17-27)44-39(43-37)40-45-41(46-40)48-34-23-13-11-21-30(34)32-24-31-29-20-10-12-22-33(29)47(35(31)25-36(32)48)28-18-8-3-9-19-28/h1-25,39,41H,(H,45,46)(H,42,43,44). The Morgan fingerprint density at radius 3 is 1.79 bits per heavy atom. The summed E-state index contributed by atoms with van der Waals surface area (Å²) in [6.07, 6.45) is -0.685. The molecular weight excluding hydrogens is 591 g/mol. The van der Waals surface area contributed by atoms with E-state index in [1.807, 2.05) is 48.5 Å². The van der Waals surface area contributed by atoms with Gasteiger partial charge < -0.3 is 19.8 Å². The molecule has 8 aromatic rings. The predicted octanol–water partition coefficient (Wildman–Crippen LogP) is 8.17. The molecule has 0 spiro atoms. The fraction of sp³-hybridized carbons (Fsp3) is 0.0488. The van der Waals surface area contributed by atoms with E-state index in [9.17, 15) is 0 Å². The zero-order valence-corrected chi connectivity index (χ0v) is 25.8. The lowest BCUT2D eigenvalue weighted by Gasteiger charge is -2.34. The van der Waals surface area contributed by atoms with E-state index >= 15 is 0 Å². The number of rotatable bonds is 5. The van der Waals surface area contributed by atoms with Crippen molar-refractivity contribution in [1.29, 1.82) is 0 Å². The molecule has 2 aliphatic rings. The van der Waals surface area contributed by atoms with Crippen molar-refractivity contribution in [2.24, 2.45) is 15.0 Å². The highest BCUT2D eigenvalue weighted by molar-refractivity contribution is 6.19. The molecule has 0 amide bonds. The maximum atomic E-state index is 5.18. The van der Waals surface area contributed by atoms with E-state index in [-0.39, 0.29) is 6.29 Å². The number of amidine groups is 3. The smallest absolute Gasteiger partial charge is 0.204 e. The van der Waals surface area contributed by atoms with Gasteiger partial charge >= 0.3 is 0 Å². The minimum Gasteiger partial charge on any atom is -0.342 e. The molecule has 10 rings (SSSR count). The van der Waals surface area contributed by atoms with Crippen LogP contribution in [0.15, 0.2) is 167 Å². The van der Waals surface area contributed by atoms with Crippen LogP contribution in [0.1, 0.15) is 17.4 Å². The maximum absolute atomic E-state index is 5.18. The summed E-state index contributed by atoms with van der Waals surface area (Å²) in [4.78, 5) is 15.1. The van der Waals surface area contributed by atoms with Gasteiger partial charge in [-0.1, -0.05) is 115 Å². The Bertz CT molecular complexity index is 2610. The van der Waals surface area contributed by atoms with E-state index in [1.165, 1.54) is 27.1 Å². The van der Waals surface area contributed by atoms with Crippen molar-refractivity contribution >= 4 is 61.1 Å². The number of para-hydroxylation sites is 3. The molecule has 0 saturated heterocycles. The van der Waals surface area contributed by atoms with Crippen molar-refractivity contribution in [1.82, 2.24) is 19.8 Å². The topological polar surface area (TPSA) is 71.0 Å². The highest BCUT2D eigenvalue weighted by Gasteiger charge is 2.33. The first-order valence-electron chi connectivity index (χ1n) is 16.2. The van der Waals surface area contributed by atoms with Gasteiger partial charge in [-0.25, -0.2) is 15.0 Å². The summed E-state index contributed by atoms with van der Waals surface area (Å²) in [7, 11) is 0. The van der Waals surface area contributed by atoms with Gasteiger partial charge in [-0.3, -0.25) is 0 Å². The third-order valence-corrected chi connectivity index (χ3v) is 9.38. The average molecular weight is 620 g/mol. The van der Waals surface area contributed by atoms with Crippen LogP contribution >= 0.6 is 0 Å². The number of benzene rings is 6. The predicted molar refractivity (Wildman–Crippen MR) is 196 cm³/mol. The zero-order chi connectivity index (χ0) is 31.6. The molecule has 2 N–H and O–H groups in total. The second kappa shape index (κ2) is 10.5. The van der Waals surface area contributed by atoms with Gasteiger partial charge in [0.1, 0.15) is 11.7 Å². The van der Waals surface area contributed by atoms with Crippen LogP contribution in [0.5, 0.6) is 0 Å². The van der Waals surface area contributed by atoms with Crippen LogP contribution in [-0.4, -0.2) is 32.8 Å². The first-order valence-corrected chi connectivity index (χ1v) is 16.2. The van der Waals surface area contributed by atoms with Crippen LogP contribution in [0.25, 0.3) is 49.3 Å². The normalized spacial score (nSPS) is 17.5. The molecule has 0 fully saturated rings. The van der Waals surface area contributed by atoms with Gasteiger partial charge in [0, 0.05) is 38.4 Å². The molecule has 2 aliphatic heterocycles. The fourth-order valence-electron chi connectivity index (χ4n) is 7.17. The second-order valence-corrected chi connectivity index (χ2v) is 12.2. The lowest BCUT2D eigenvalue weighted by molar-refractivity contribution is 0.451. The molecule has 2 unspecified atom stereocenters. The summed E-state index contributed by atoms with van der Waals surface area (Å²) in [5.41, 5.74) is 7.72. The number of nitrogens with zero attached hydrogens (tertiary/aromatic N) is 5. The maximum Gasteiger partial charge on any atom is 0.204 e. The van der Waals surface area contributed by atoms with Crippen LogP contribution in [0.4, 0.5) is 0 Å². The van der Waals surface area contributed by atoms with Gasteiger partial charge in [-0.05, 0) is 36.4 Å². The molecule has 0 bridgehead atoms. The van der Waals surface area contributed by atoms with Gasteiger partial charge in [0.15, 0.2) is 12.0 Å². The summed E-state index contributed by atoms with van der Waals surface area (Å²) in [6, 6.07) is 52.8. The van der Waals surface area contributed by atoms with E-state index in [2.05, 4.69) is 123 Å². The van der Waals surface area contributed by atoms with E-state index in [0.717, 1.165) is 45.0 Å². The summed E-state index contributed by atoms with van der Waals surface area (Å²) >= 11 is 0. The number of hydrogen-bond donors (Lipinski definition) is 2. The Morgan fingerprint density at radius 2 is 1.06 bits per heavy atom. The zero-order valence-electron chi connectivity index (χ0n) is 25.8. The van der Waals surface area contributed by atoms with E-state index in [0.29, 0.717) is 5.84 Å². The van der Waals surface area contributed by atoms with Gasteiger partial charge in [0.2, 0.25) is 6.29 Å².